The average molecular weight is 474 g/mol. The zero-order valence-electron chi connectivity index (χ0n) is 18.2. The third-order valence-electron chi connectivity index (χ3n) is 4.39. The van der Waals surface area contributed by atoms with Gasteiger partial charge in [-0.1, -0.05) is 19.9 Å². The van der Waals surface area contributed by atoms with Crippen LogP contribution in [-0.4, -0.2) is 38.9 Å². The summed E-state index contributed by atoms with van der Waals surface area (Å²) in [7, 11) is 0. The van der Waals surface area contributed by atoms with Gasteiger partial charge in [0.05, 0.1) is 25.3 Å². The molecule has 0 aliphatic carbocycles. The van der Waals surface area contributed by atoms with Gasteiger partial charge in [-0.05, 0) is 43.3 Å². The van der Waals surface area contributed by atoms with E-state index in [1.165, 1.54) is 11.3 Å². The Labute approximate surface area is 196 Å². The van der Waals surface area contributed by atoms with Crippen molar-refractivity contribution < 1.29 is 14.3 Å². The molecule has 0 saturated carbocycles. The number of allylic oxidation sites excluding steroid dienone is 1. The van der Waals surface area contributed by atoms with Gasteiger partial charge in [0.2, 0.25) is 0 Å². The molecule has 2 aromatic heterocycles. The van der Waals surface area contributed by atoms with Crippen LogP contribution in [0.1, 0.15) is 48.6 Å². The Kier molecular flexibility index (Phi) is 8.57. The van der Waals surface area contributed by atoms with Crippen LogP contribution in [0.4, 0.5) is 5.13 Å². The Morgan fingerprint density at radius 2 is 2.03 bits per heavy atom. The maximum atomic E-state index is 12.8. The first-order chi connectivity index (χ1) is 15.5. The number of nitrogens with one attached hydrogen (secondary N) is 2. The zero-order valence-corrected chi connectivity index (χ0v) is 19.9. The summed E-state index contributed by atoms with van der Waals surface area (Å²) >= 11 is 6.60. The summed E-state index contributed by atoms with van der Waals surface area (Å²) in [6.45, 7) is 9.52. The number of hydrogen-bond donors (Lipinski definition) is 2. The monoisotopic (exact) mass is 473 g/mol. The summed E-state index contributed by atoms with van der Waals surface area (Å²) in [6.07, 6.45) is 4.01. The van der Waals surface area contributed by atoms with E-state index in [1.807, 2.05) is 23.8 Å². The highest BCUT2D eigenvalue weighted by atomic mass is 32.1. The highest BCUT2D eigenvalue weighted by Crippen LogP contribution is 2.29. The van der Waals surface area contributed by atoms with E-state index in [0.717, 1.165) is 24.4 Å². The molecule has 0 aliphatic heterocycles. The lowest BCUT2D eigenvalue weighted by molar-refractivity contribution is 0.102. The van der Waals surface area contributed by atoms with Crippen molar-refractivity contribution in [3.8, 4) is 11.5 Å². The summed E-state index contributed by atoms with van der Waals surface area (Å²) < 4.78 is 13.9. The fourth-order valence-electron chi connectivity index (χ4n) is 2.88. The van der Waals surface area contributed by atoms with Crippen LogP contribution in [0.25, 0.3) is 0 Å². The number of nitrogens with zero attached hydrogens (tertiary/aromatic N) is 3. The van der Waals surface area contributed by atoms with Crippen molar-refractivity contribution in [2.24, 2.45) is 0 Å². The number of amides is 1. The molecular weight excluding hydrogens is 446 g/mol. The Balaban J connectivity index is 1.70. The summed E-state index contributed by atoms with van der Waals surface area (Å²) in [5.41, 5.74) is 1.27. The van der Waals surface area contributed by atoms with Crippen molar-refractivity contribution in [3.05, 3.63) is 58.1 Å². The van der Waals surface area contributed by atoms with Gasteiger partial charge >= 0.3 is 0 Å². The number of hydrogen-bond acceptors (Lipinski definition) is 7. The van der Waals surface area contributed by atoms with Gasteiger partial charge in [0.1, 0.15) is 5.82 Å². The van der Waals surface area contributed by atoms with Gasteiger partial charge in [-0.15, -0.1) is 17.9 Å². The van der Waals surface area contributed by atoms with Crippen molar-refractivity contribution in [1.29, 1.82) is 0 Å². The number of H-pyrrole nitrogens is 1. The molecule has 1 amide bonds. The largest absolute Gasteiger partial charge is 0.490 e. The number of thiazole rings is 1. The molecule has 3 aromatic rings. The zero-order chi connectivity index (χ0) is 22.9. The van der Waals surface area contributed by atoms with Crippen molar-refractivity contribution in [3.63, 3.8) is 0 Å². The first kappa shape index (κ1) is 23.7. The molecule has 1 aromatic carbocycles. The van der Waals surface area contributed by atoms with Gasteiger partial charge in [0.15, 0.2) is 21.4 Å². The maximum absolute atomic E-state index is 12.8. The molecular formula is C22H27N5O3S2. The molecule has 3 rings (SSSR count). The van der Waals surface area contributed by atoms with Gasteiger partial charge in [-0.25, -0.2) is 4.98 Å². The fraction of sp³-hybridized carbons (Fsp3) is 0.364. The van der Waals surface area contributed by atoms with Crippen LogP contribution in [0.5, 0.6) is 11.5 Å². The summed E-state index contributed by atoms with van der Waals surface area (Å²) in [5, 5.41) is 12.3. The summed E-state index contributed by atoms with van der Waals surface area (Å²) in [5.74, 6) is 1.71. The van der Waals surface area contributed by atoms with Crippen molar-refractivity contribution >= 4 is 34.6 Å². The topological polar surface area (TPSA) is 94.1 Å². The summed E-state index contributed by atoms with van der Waals surface area (Å²) in [4.78, 5) is 17.3. The molecule has 8 nitrogen and oxygen atoms in total. The molecule has 0 saturated heterocycles. The molecule has 2 heterocycles. The summed E-state index contributed by atoms with van der Waals surface area (Å²) in [6, 6.07) is 5.20. The van der Waals surface area contributed by atoms with E-state index >= 15 is 0 Å². The Morgan fingerprint density at radius 3 is 2.75 bits per heavy atom. The van der Waals surface area contributed by atoms with E-state index in [2.05, 4.69) is 27.1 Å². The lowest BCUT2D eigenvalue weighted by Crippen LogP contribution is -2.12. The molecule has 0 aliphatic rings. The van der Waals surface area contributed by atoms with Crippen LogP contribution in [0.15, 0.2) is 36.2 Å². The first-order valence-corrected chi connectivity index (χ1v) is 11.7. The van der Waals surface area contributed by atoms with Gasteiger partial charge in [0, 0.05) is 17.5 Å². The average Bonchev–Trinajstić information content (AvgIpc) is 3.38. The van der Waals surface area contributed by atoms with E-state index in [-0.39, 0.29) is 5.91 Å². The van der Waals surface area contributed by atoms with Crippen LogP contribution < -0.4 is 14.8 Å². The molecule has 0 fully saturated rings. The van der Waals surface area contributed by atoms with Gasteiger partial charge in [-0.2, -0.15) is 5.10 Å². The van der Waals surface area contributed by atoms with Gasteiger partial charge in [-0.3, -0.25) is 19.8 Å². The second kappa shape index (κ2) is 11.6. The number of rotatable bonds is 12. The Hall–Kier alpha value is -2.98. The number of ether oxygens (including phenoxy) is 2. The molecule has 0 bridgehead atoms. The third-order valence-corrected chi connectivity index (χ3v) is 5.51. The minimum absolute atomic E-state index is 0.261. The molecule has 0 atom stereocenters. The Bertz CT molecular complexity index is 1120. The highest BCUT2D eigenvalue weighted by Gasteiger charge is 2.15. The molecule has 10 heteroatoms. The second-order valence-corrected chi connectivity index (χ2v) is 8.22. The predicted octanol–water partition coefficient (Wildman–Crippen LogP) is 5.00. The van der Waals surface area contributed by atoms with E-state index < -0.39 is 0 Å². The number of aromatic nitrogens is 4. The van der Waals surface area contributed by atoms with Crippen molar-refractivity contribution in [2.45, 2.75) is 39.7 Å². The lowest BCUT2D eigenvalue weighted by Gasteiger charge is -2.13. The normalized spacial score (nSPS) is 10.7. The van der Waals surface area contributed by atoms with E-state index in [0.29, 0.717) is 53.1 Å². The minimum atomic E-state index is -0.261. The highest BCUT2D eigenvalue weighted by molar-refractivity contribution is 7.71. The van der Waals surface area contributed by atoms with E-state index in [1.54, 1.807) is 24.3 Å². The second-order valence-electron chi connectivity index (χ2n) is 6.98. The molecule has 32 heavy (non-hydrogen) atoms. The van der Waals surface area contributed by atoms with Crippen molar-refractivity contribution in [2.75, 3.05) is 18.5 Å². The number of carbonyl (C=O) groups excluding carboxylic acids is 1. The van der Waals surface area contributed by atoms with Crippen LogP contribution >= 0.6 is 23.6 Å². The van der Waals surface area contributed by atoms with Gasteiger partial charge < -0.3 is 9.47 Å². The van der Waals surface area contributed by atoms with E-state index in [4.69, 9.17) is 21.7 Å². The Morgan fingerprint density at radius 1 is 1.28 bits per heavy atom. The number of carbonyl (C=O) groups is 1. The molecule has 0 spiro atoms. The fourth-order valence-corrected chi connectivity index (χ4v) is 3.82. The predicted molar refractivity (Wildman–Crippen MR) is 128 cm³/mol. The molecule has 0 radical (unpaired) electrons. The SMILES string of the molecule is C=CCn1c(Cc2csc(NC(=O)c3ccc(OCCC)c(OCCC)c3)n2)n[nH]c1=S. The number of anilines is 1. The minimum Gasteiger partial charge on any atom is -0.490 e. The van der Waals surface area contributed by atoms with Crippen LogP contribution in [-0.2, 0) is 13.0 Å². The molecule has 170 valence electrons. The standard InChI is InChI=1S/C22H27N5O3S2/c1-4-9-27-19(25-26-22(27)31)13-16-14-32-21(23-16)24-20(28)15-7-8-17(29-10-5-2)18(12-15)30-11-6-3/h4,7-8,12,14H,1,5-6,9-11,13H2,2-3H3,(H,26,31)(H,23,24,28). The van der Waals surface area contributed by atoms with Crippen LogP contribution in [0.3, 0.4) is 0 Å². The van der Waals surface area contributed by atoms with Crippen molar-refractivity contribution in [1.82, 2.24) is 19.7 Å². The smallest absolute Gasteiger partial charge is 0.257 e. The molecule has 0 unspecified atom stereocenters. The third kappa shape index (κ3) is 6.04. The lowest BCUT2D eigenvalue weighted by atomic mass is 10.2. The number of aromatic amines is 1. The quantitative estimate of drug-likeness (QED) is 0.284. The maximum Gasteiger partial charge on any atom is 0.257 e. The van der Waals surface area contributed by atoms with E-state index in [9.17, 15) is 4.79 Å². The van der Waals surface area contributed by atoms with Crippen LogP contribution in [0, 0.1) is 4.77 Å². The first-order valence-electron chi connectivity index (χ1n) is 10.5. The molecule has 2 N–H and O–H groups in total. The van der Waals surface area contributed by atoms with Gasteiger partial charge in [0.25, 0.3) is 5.91 Å². The van der Waals surface area contributed by atoms with Crippen LogP contribution in [0.2, 0.25) is 0 Å². The number of benzene rings is 1.